The van der Waals surface area contributed by atoms with E-state index in [4.69, 9.17) is 10.5 Å². The molecule has 0 bridgehead atoms. The molecule has 1 aliphatic rings. The summed E-state index contributed by atoms with van der Waals surface area (Å²) in [7, 11) is 0. The maximum absolute atomic E-state index is 12.5. The van der Waals surface area contributed by atoms with Gasteiger partial charge in [0.2, 0.25) is 5.91 Å². The van der Waals surface area contributed by atoms with Crippen molar-refractivity contribution in [2.45, 2.75) is 31.8 Å². The van der Waals surface area contributed by atoms with Crippen LogP contribution < -0.4 is 5.73 Å². The van der Waals surface area contributed by atoms with Gasteiger partial charge in [0.05, 0.1) is 24.4 Å². The summed E-state index contributed by atoms with van der Waals surface area (Å²) in [6, 6.07) is 9.91. The number of nitrogens with two attached hydrogens (primary N) is 1. The zero-order valence-electron chi connectivity index (χ0n) is 14.5. The number of hydrogen-bond acceptors (Lipinski definition) is 4. The van der Waals surface area contributed by atoms with Gasteiger partial charge in [0.25, 0.3) is 0 Å². The quantitative estimate of drug-likeness (QED) is 0.778. The highest BCUT2D eigenvalue weighted by Crippen LogP contribution is 2.16. The van der Waals surface area contributed by atoms with Gasteiger partial charge in [0.15, 0.2) is 0 Å². The van der Waals surface area contributed by atoms with Crippen molar-refractivity contribution >= 4 is 5.91 Å². The molecule has 2 heterocycles. The summed E-state index contributed by atoms with van der Waals surface area (Å²) in [6.45, 7) is 2.90. The first-order chi connectivity index (χ1) is 12.3. The van der Waals surface area contributed by atoms with E-state index in [0.29, 0.717) is 19.6 Å². The van der Waals surface area contributed by atoms with Crippen LogP contribution in [0.1, 0.15) is 24.8 Å². The molecular weight excluding hydrogens is 316 g/mol. The van der Waals surface area contributed by atoms with Crippen molar-refractivity contribution in [3.8, 4) is 5.69 Å². The zero-order valence-corrected chi connectivity index (χ0v) is 14.5. The lowest BCUT2D eigenvalue weighted by molar-refractivity contribution is -0.133. The fourth-order valence-electron chi connectivity index (χ4n) is 3.06. The minimum atomic E-state index is 0.160. The number of piperidine rings is 1. The molecular formula is C19H26N4O2. The van der Waals surface area contributed by atoms with E-state index < -0.39 is 0 Å². The highest BCUT2D eigenvalue weighted by atomic mass is 16.5. The maximum atomic E-state index is 12.5. The molecule has 1 aromatic heterocycles. The predicted octanol–water partition coefficient (Wildman–Crippen LogP) is 1.77. The summed E-state index contributed by atoms with van der Waals surface area (Å²) >= 11 is 0. The number of likely N-dealkylation sites (tertiary alicyclic amines) is 1. The normalized spacial score (nSPS) is 15.5. The van der Waals surface area contributed by atoms with Crippen LogP contribution in [0.3, 0.4) is 0 Å². The standard InChI is InChI=1S/C19H26N4O2/c20-9-4-12-25-18-7-10-22(11-8-18)19(24)13-16-14-21-23(15-16)17-5-2-1-3-6-17/h1-3,5-6,14-15,18H,4,7-13,20H2. The van der Waals surface area contributed by atoms with E-state index in [1.165, 1.54) is 0 Å². The second-order valence-electron chi connectivity index (χ2n) is 6.40. The van der Waals surface area contributed by atoms with Crippen molar-refractivity contribution in [1.29, 1.82) is 0 Å². The summed E-state index contributed by atoms with van der Waals surface area (Å²) in [5.41, 5.74) is 7.42. The van der Waals surface area contributed by atoms with Crippen molar-refractivity contribution < 1.29 is 9.53 Å². The fraction of sp³-hybridized carbons (Fsp3) is 0.474. The van der Waals surface area contributed by atoms with E-state index in [1.807, 2.05) is 41.4 Å². The third-order valence-electron chi connectivity index (χ3n) is 4.51. The molecule has 0 unspecified atom stereocenters. The van der Waals surface area contributed by atoms with Gasteiger partial charge in [-0.1, -0.05) is 18.2 Å². The van der Waals surface area contributed by atoms with Crippen LogP contribution in [-0.4, -0.2) is 52.9 Å². The third kappa shape index (κ3) is 4.90. The molecule has 134 valence electrons. The number of nitrogens with zero attached hydrogens (tertiary/aromatic N) is 3. The number of rotatable bonds is 7. The first kappa shape index (κ1) is 17.6. The molecule has 1 aliphatic heterocycles. The average Bonchev–Trinajstić information content (AvgIpc) is 3.12. The topological polar surface area (TPSA) is 73.4 Å². The summed E-state index contributed by atoms with van der Waals surface area (Å²) < 4.78 is 7.60. The van der Waals surface area contributed by atoms with E-state index in [9.17, 15) is 4.79 Å². The zero-order chi connectivity index (χ0) is 17.5. The van der Waals surface area contributed by atoms with E-state index in [0.717, 1.165) is 43.6 Å². The van der Waals surface area contributed by atoms with Gasteiger partial charge < -0.3 is 15.4 Å². The number of hydrogen-bond donors (Lipinski definition) is 1. The van der Waals surface area contributed by atoms with Crippen LogP contribution in [0.4, 0.5) is 0 Å². The predicted molar refractivity (Wildman–Crippen MR) is 96.5 cm³/mol. The molecule has 0 aliphatic carbocycles. The minimum Gasteiger partial charge on any atom is -0.378 e. The highest BCUT2D eigenvalue weighted by Gasteiger charge is 2.23. The van der Waals surface area contributed by atoms with Gasteiger partial charge in [-0.15, -0.1) is 0 Å². The Morgan fingerprint density at radius 3 is 2.72 bits per heavy atom. The van der Waals surface area contributed by atoms with Gasteiger partial charge in [-0.25, -0.2) is 4.68 Å². The number of carbonyl (C=O) groups is 1. The van der Waals surface area contributed by atoms with Crippen molar-refractivity contribution in [3.05, 3.63) is 48.3 Å². The smallest absolute Gasteiger partial charge is 0.227 e. The first-order valence-corrected chi connectivity index (χ1v) is 8.94. The summed E-state index contributed by atoms with van der Waals surface area (Å²) in [6.07, 6.45) is 7.05. The number of amides is 1. The summed E-state index contributed by atoms with van der Waals surface area (Å²) in [5.74, 6) is 0.160. The van der Waals surface area contributed by atoms with E-state index in [2.05, 4.69) is 5.10 Å². The fourth-order valence-corrected chi connectivity index (χ4v) is 3.06. The van der Waals surface area contributed by atoms with Crippen molar-refractivity contribution in [2.24, 2.45) is 5.73 Å². The molecule has 0 radical (unpaired) electrons. The van der Waals surface area contributed by atoms with Gasteiger partial charge in [-0.2, -0.15) is 5.10 Å². The lowest BCUT2D eigenvalue weighted by Gasteiger charge is -2.32. The van der Waals surface area contributed by atoms with Gasteiger partial charge in [-0.3, -0.25) is 4.79 Å². The van der Waals surface area contributed by atoms with Crippen molar-refractivity contribution in [1.82, 2.24) is 14.7 Å². The summed E-state index contributed by atoms with van der Waals surface area (Å²) in [4.78, 5) is 14.4. The van der Waals surface area contributed by atoms with Gasteiger partial charge in [0, 0.05) is 25.9 Å². The third-order valence-corrected chi connectivity index (χ3v) is 4.51. The van der Waals surface area contributed by atoms with Gasteiger partial charge >= 0.3 is 0 Å². The molecule has 1 aromatic carbocycles. The van der Waals surface area contributed by atoms with Crippen LogP contribution >= 0.6 is 0 Å². The monoisotopic (exact) mass is 342 g/mol. The van der Waals surface area contributed by atoms with Crippen LogP contribution in [0.25, 0.3) is 5.69 Å². The van der Waals surface area contributed by atoms with E-state index in [1.54, 1.807) is 10.9 Å². The molecule has 2 aromatic rings. The Labute approximate surface area is 148 Å². The molecule has 3 rings (SSSR count). The van der Waals surface area contributed by atoms with Gasteiger partial charge in [0.1, 0.15) is 0 Å². The highest BCUT2D eigenvalue weighted by molar-refractivity contribution is 5.78. The van der Waals surface area contributed by atoms with E-state index >= 15 is 0 Å². The Morgan fingerprint density at radius 1 is 1.24 bits per heavy atom. The number of benzene rings is 1. The molecule has 1 saturated heterocycles. The Bertz CT molecular complexity index is 663. The van der Waals surface area contributed by atoms with Crippen LogP contribution in [-0.2, 0) is 16.0 Å². The van der Waals surface area contributed by atoms with Crippen molar-refractivity contribution in [3.63, 3.8) is 0 Å². The lowest BCUT2D eigenvalue weighted by Crippen LogP contribution is -2.41. The Morgan fingerprint density at radius 2 is 2.00 bits per heavy atom. The molecule has 25 heavy (non-hydrogen) atoms. The van der Waals surface area contributed by atoms with Crippen LogP contribution in [0.2, 0.25) is 0 Å². The first-order valence-electron chi connectivity index (χ1n) is 8.94. The molecule has 0 saturated carbocycles. The SMILES string of the molecule is NCCCOC1CCN(C(=O)Cc2cnn(-c3ccccc3)c2)CC1. The maximum Gasteiger partial charge on any atom is 0.227 e. The number of carbonyl (C=O) groups excluding carboxylic acids is 1. The average molecular weight is 342 g/mol. The number of para-hydroxylation sites is 1. The molecule has 0 spiro atoms. The summed E-state index contributed by atoms with van der Waals surface area (Å²) in [5, 5.41) is 4.35. The number of aromatic nitrogens is 2. The number of ether oxygens (including phenoxy) is 1. The molecule has 6 heteroatoms. The Hall–Kier alpha value is -2.18. The second kappa shape index (κ2) is 8.78. The Kier molecular flexibility index (Phi) is 6.19. The molecule has 2 N–H and O–H groups in total. The van der Waals surface area contributed by atoms with Crippen LogP contribution in [0.15, 0.2) is 42.7 Å². The molecule has 1 fully saturated rings. The minimum absolute atomic E-state index is 0.160. The van der Waals surface area contributed by atoms with Crippen molar-refractivity contribution in [2.75, 3.05) is 26.2 Å². The lowest BCUT2D eigenvalue weighted by atomic mass is 10.1. The molecule has 1 amide bonds. The Balaban J connectivity index is 1.48. The van der Waals surface area contributed by atoms with Crippen LogP contribution in [0, 0.1) is 0 Å². The van der Waals surface area contributed by atoms with E-state index in [-0.39, 0.29) is 12.0 Å². The molecule has 6 nitrogen and oxygen atoms in total. The second-order valence-corrected chi connectivity index (χ2v) is 6.40. The largest absolute Gasteiger partial charge is 0.378 e. The van der Waals surface area contributed by atoms with Gasteiger partial charge in [-0.05, 0) is 43.5 Å². The van der Waals surface area contributed by atoms with Crippen LogP contribution in [0.5, 0.6) is 0 Å². The molecule has 0 atom stereocenters.